The van der Waals surface area contributed by atoms with E-state index in [4.69, 9.17) is 5.11 Å². The lowest BCUT2D eigenvalue weighted by Gasteiger charge is -2.07. The Bertz CT molecular complexity index is 412. The summed E-state index contributed by atoms with van der Waals surface area (Å²) < 4.78 is 1.67. The summed E-state index contributed by atoms with van der Waals surface area (Å²) in [6, 6.07) is -0.907. The van der Waals surface area contributed by atoms with Crippen LogP contribution in [0.5, 0.6) is 0 Å². The van der Waals surface area contributed by atoms with Gasteiger partial charge >= 0.3 is 5.97 Å². The van der Waals surface area contributed by atoms with Gasteiger partial charge < -0.3 is 10.4 Å². The van der Waals surface area contributed by atoms with Gasteiger partial charge in [0.25, 0.3) is 5.91 Å². The van der Waals surface area contributed by atoms with E-state index in [1.54, 1.807) is 10.9 Å². The van der Waals surface area contributed by atoms with Gasteiger partial charge in [-0.15, -0.1) is 0 Å². The first-order chi connectivity index (χ1) is 7.90. The van der Waals surface area contributed by atoms with Crippen molar-refractivity contribution in [2.45, 2.75) is 33.4 Å². The quantitative estimate of drug-likeness (QED) is 0.793. The van der Waals surface area contributed by atoms with Crippen molar-refractivity contribution in [2.24, 2.45) is 5.92 Å². The molecule has 0 radical (unpaired) electrons. The molecule has 0 aliphatic rings. The van der Waals surface area contributed by atoms with Crippen molar-refractivity contribution in [2.75, 3.05) is 0 Å². The molecule has 17 heavy (non-hydrogen) atoms. The smallest absolute Gasteiger partial charge is 0.325 e. The molecule has 0 saturated carbocycles. The van der Waals surface area contributed by atoms with Crippen LogP contribution in [0.4, 0.5) is 0 Å². The molecule has 0 saturated heterocycles. The zero-order chi connectivity index (χ0) is 13.0. The Morgan fingerprint density at radius 1 is 1.47 bits per heavy atom. The van der Waals surface area contributed by atoms with Crippen LogP contribution in [0, 0.1) is 5.92 Å². The lowest BCUT2D eigenvalue weighted by molar-refractivity contribution is -0.138. The second kappa shape index (κ2) is 5.47. The topological polar surface area (TPSA) is 84.2 Å². The molecule has 2 N–H and O–H groups in total. The number of rotatable bonds is 5. The number of carbonyl (C=O) groups excluding carboxylic acids is 1. The van der Waals surface area contributed by atoms with Crippen molar-refractivity contribution in [3.63, 3.8) is 0 Å². The summed E-state index contributed by atoms with van der Waals surface area (Å²) in [4.78, 5) is 22.2. The number of carboxylic acids is 1. The minimum atomic E-state index is -1.06. The molecule has 6 nitrogen and oxygen atoms in total. The molecule has 0 aliphatic heterocycles. The maximum Gasteiger partial charge on any atom is 0.325 e. The van der Waals surface area contributed by atoms with E-state index in [2.05, 4.69) is 10.4 Å². The molecule has 1 atom stereocenters. The number of aliphatic carboxylic acids is 1. The zero-order valence-electron chi connectivity index (χ0n) is 10.2. The van der Waals surface area contributed by atoms with Gasteiger partial charge in [-0.2, -0.15) is 5.10 Å². The maximum absolute atomic E-state index is 11.6. The highest BCUT2D eigenvalue weighted by atomic mass is 16.4. The van der Waals surface area contributed by atoms with Crippen molar-refractivity contribution in [3.05, 3.63) is 18.0 Å². The molecular weight excluding hydrogens is 222 g/mol. The van der Waals surface area contributed by atoms with E-state index < -0.39 is 17.9 Å². The Kier molecular flexibility index (Phi) is 4.25. The van der Waals surface area contributed by atoms with Gasteiger partial charge in [-0.05, 0) is 12.8 Å². The van der Waals surface area contributed by atoms with Crippen LogP contribution >= 0.6 is 0 Å². The number of hydrogen-bond acceptors (Lipinski definition) is 3. The van der Waals surface area contributed by atoms with Gasteiger partial charge in [0.2, 0.25) is 0 Å². The first-order valence-electron chi connectivity index (χ1n) is 5.46. The number of carboxylic acid groups (broad SMARTS) is 1. The van der Waals surface area contributed by atoms with Crippen LogP contribution in [0.25, 0.3) is 0 Å². The van der Waals surface area contributed by atoms with Crippen LogP contribution in [0.2, 0.25) is 0 Å². The van der Waals surface area contributed by atoms with Crippen LogP contribution in [-0.2, 0) is 11.3 Å². The van der Waals surface area contributed by atoms with E-state index in [1.165, 1.54) is 13.1 Å². The average molecular weight is 239 g/mol. The standard InChI is InChI=1S/C11H17N3O3/c1-7(2)5-14-6-9(4-12-14)10(15)13-8(3)11(16)17/h4,6-8H,5H2,1-3H3,(H,13,15)(H,16,17)/t8-/m1/s1. The molecule has 1 amide bonds. The summed E-state index contributed by atoms with van der Waals surface area (Å²) in [5, 5.41) is 15.1. The second-order valence-electron chi connectivity index (χ2n) is 4.38. The Morgan fingerprint density at radius 2 is 2.12 bits per heavy atom. The fourth-order valence-electron chi connectivity index (χ4n) is 1.30. The van der Waals surface area contributed by atoms with Gasteiger partial charge in [-0.3, -0.25) is 14.3 Å². The molecule has 0 spiro atoms. The predicted molar refractivity (Wildman–Crippen MR) is 61.6 cm³/mol. The largest absolute Gasteiger partial charge is 0.480 e. The SMILES string of the molecule is CC(C)Cn1cc(C(=O)N[C@H](C)C(=O)O)cn1. The predicted octanol–water partition coefficient (Wildman–Crippen LogP) is 0.742. The second-order valence-corrected chi connectivity index (χ2v) is 4.38. The van der Waals surface area contributed by atoms with Crippen LogP contribution in [-0.4, -0.2) is 32.8 Å². The van der Waals surface area contributed by atoms with Gasteiger partial charge in [0.15, 0.2) is 0 Å². The van der Waals surface area contributed by atoms with E-state index in [1.807, 2.05) is 13.8 Å². The number of nitrogens with one attached hydrogen (secondary N) is 1. The molecule has 0 bridgehead atoms. The minimum Gasteiger partial charge on any atom is -0.480 e. The fourth-order valence-corrected chi connectivity index (χ4v) is 1.30. The summed E-state index contributed by atoms with van der Waals surface area (Å²) in [7, 11) is 0. The summed E-state index contributed by atoms with van der Waals surface area (Å²) in [6.45, 7) is 6.24. The Labute approximate surface area is 99.6 Å². The molecule has 1 aromatic heterocycles. The fraction of sp³-hybridized carbons (Fsp3) is 0.545. The van der Waals surface area contributed by atoms with E-state index in [0.717, 1.165) is 6.54 Å². The van der Waals surface area contributed by atoms with Gasteiger partial charge in [-0.1, -0.05) is 13.8 Å². The maximum atomic E-state index is 11.6. The van der Waals surface area contributed by atoms with E-state index in [-0.39, 0.29) is 0 Å². The summed E-state index contributed by atoms with van der Waals surface area (Å²) in [5.41, 5.74) is 0.374. The summed E-state index contributed by atoms with van der Waals surface area (Å²) in [6.07, 6.45) is 3.05. The highest BCUT2D eigenvalue weighted by Gasteiger charge is 2.16. The van der Waals surface area contributed by atoms with Crippen molar-refractivity contribution < 1.29 is 14.7 Å². The van der Waals surface area contributed by atoms with Gasteiger partial charge in [0, 0.05) is 12.7 Å². The molecule has 0 aromatic carbocycles. The molecule has 0 unspecified atom stereocenters. The highest BCUT2D eigenvalue weighted by Crippen LogP contribution is 2.02. The number of carbonyl (C=O) groups is 2. The number of nitrogens with zero attached hydrogens (tertiary/aromatic N) is 2. The number of amides is 1. The third kappa shape index (κ3) is 3.90. The van der Waals surface area contributed by atoms with Gasteiger partial charge in [0.05, 0.1) is 11.8 Å². The highest BCUT2D eigenvalue weighted by molar-refractivity contribution is 5.96. The molecule has 0 aliphatic carbocycles. The first kappa shape index (κ1) is 13.2. The monoisotopic (exact) mass is 239 g/mol. The molecule has 6 heteroatoms. The van der Waals surface area contributed by atoms with Crippen molar-refractivity contribution >= 4 is 11.9 Å². The molecular formula is C11H17N3O3. The minimum absolute atomic E-state index is 0.374. The summed E-state index contributed by atoms with van der Waals surface area (Å²) >= 11 is 0. The third-order valence-electron chi connectivity index (χ3n) is 2.17. The van der Waals surface area contributed by atoms with Crippen molar-refractivity contribution in [1.82, 2.24) is 15.1 Å². The molecule has 1 aromatic rings. The molecule has 94 valence electrons. The third-order valence-corrected chi connectivity index (χ3v) is 2.17. The van der Waals surface area contributed by atoms with Crippen LogP contribution in [0.1, 0.15) is 31.1 Å². The number of aromatic nitrogens is 2. The van der Waals surface area contributed by atoms with E-state index in [9.17, 15) is 9.59 Å². The van der Waals surface area contributed by atoms with Crippen molar-refractivity contribution in [1.29, 1.82) is 0 Å². The molecule has 0 fully saturated rings. The normalized spacial score (nSPS) is 12.5. The Morgan fingerprint density at radius 3 is 2.65 bits per heavy atom. The van der Waals surface area contributed by atoms with Gasteiger partial charge in [-0.25, -0.2) is 0 Å². The average Bonchev–Trinajstić information content (AvgIpc) is 2.64. The van der Waals surface area contributed by atoms with Crippen LogP contribution in [0.3, 0.4) is 0 Å². The molecule has 1 heterocycles. The Balaban J connectivity index is 2.64. The van der Waals surface area contributed by atoms with E-state index in [0.29, 0.717) is 11.5 Å². The summed E-state index contributed by atoms with van der Waals surface area (Å²) in [5.74, 6) is -1.05. The van der Waals surface area contributed by atoms with Gasteiger partial charge in [0.1, 0.15) is 6.04 Å². The van der Waals surface area contributed by atoms with Crippen LogP contribution in [0.15, 0.2) is 12.4 Å². The zero-order valence-corrected chi connectivity index (χ0v) is 10.2. The number of hydrogen-bond donors (Lipinski definition) is 2. The lowest BCUT2D eigenvalue weighted by Crippen LogP contribution is -2.38. The van der Waals surface area contributed by atoms with Crippen LogP contribution < -0.4 is 5.32 Å². The lowest BCUT2D eigenvalue weighted by atomic mass is 10.2. The first-order valence-corrected chi connectivity index (χ1v) is 5.46. The molecule has 1 rings (SSSR count). The van der Waals surface area contributed by atoms with E-state index >= 15 is 0 Å². The van der Waals surface area contributed by atoms with Crippen molar-refractivity contribution in [3.8, 4) is 0 Å². The Hall–Kier alpha value is -1.85.